The van der Waals surface area contributed by atoms with Crippen LogP contribution in [0.4, 0.5) is 17.6 Å². The average molecular weight is 622 g/mol. The number of ether oxygens (including phenoxy) is 1. The number of benzene rings is 3. The van der Waals surface area contributed by atoms with Crippen LogP contribution in [0.25, 0.3) is 28.1 Å². The molecule has 6 rings (SSSR count). The molecule has 14 heteroatoms. The number of nitrogens with one attached hydrogen (secondary N) is 1. The van der Waals surface area contributed by atoms with Crippen LogP contribution in [-0.2, 0) is 6.42 Å². The number of imidazole rings is 1. The van der Waals surface area contributed by atoms with Gasteiger partial charge in [0.1, 0.15) is 23.7 Å². The molecule has 0 fully saturated rings. The number of rotatable bonds is 8. The number of hydrogen-bond acceptors (Lipinski definition) is 6. The molecule has 3 aromatic heterocycles. The van der Waals surface area contributed by atoms with Gasteiger partial charge in [0.25, 0.3) is 5.56 Å². The fraction of sp³-hybridized carbons (Fsp3) is 0.100. The number of halogens is 5. The van der Waals surface area contributed by atoms with Gasteiger partial charge in [-0.25, -0.2) is 9.37 Å². The number of pyridine rings is 1. The first-order chi connectivity index (χ1) is 21.1. The standard InChI is InChI=1S/C30H20ClF4N7O2/c31-21-5-10-26(42-17-37-39-40-42)24(15-21)20-11-12-41(28(43)14-20)27(13-18-1-6-22(32)7-2-18)29-36-16-25(38-29)19-3-8-23(9-4-19)44-30(33,34)35/h1-12,14-17,27H,13H2,(H,36,38)/t27-/m0/s1. The number of alkyl halides is 3. The van der Waals surface area contributed by atoms with Crippen molar-refractivity contribution in [3.8, 4) is 33.8 Å². The van der Waals surface area contributed by atoms with Crippen LogP contribution < -0.4 is 10.3 Å². The smallest absolute Gasteiger partial charge is 0.406 e. The minimum atomic E-state index is -4.80. The summed E-state index contributed by atoms with van der Waals surface area (Å²) in [6.07, 6.45) is 0.0505. The summed E-state index contributed by atoms with van der Waals surface area (Å²) in [5.41, 5.74) is 3.26. The van der Waals surface area contributed by atoms with Crippen LogP contribution >= 0.6 is 11.6 Å². The van der Waals surface area contributed by atoms with E-state index in [-0.39, 0.29) is 17.7 Å². The van der Waals surface area contributed by atoms with Crippen molar-refractivity contribution >= 4 is 11.6 Å². The topological polar surface area (TPSA) is 104 Å². The zero-order valence-electron chi connectivity index (χ0n) is 22.4. The largest absolute Gasteiger partial charge is 0.573 e. The Labute approximate surface area is 251 Å². The van der Waals surface area contributed by atoms with Crippen molar-refractivity contribution in [3.05, 3.63) is 130 Å². The molecule has 0 aliphatic rings. The van der Waals surface area contributed by atoms with Crippen molar-refractivity contribution in [2.24, 2.45) is 0 Å². The third-order valence-electron chi connectivity index (χ3n) is 6.80. The van der Waals surface area contributed by atoms with Gasteiger partial charge < -0.3 is 14.3 Å². The Morgan fingerprint density at radius 3 is 2.41 bits per heavy atom. The monoisotopic (exact) mass is 621 g/mol. The molecule has 9 nitrogen and oxygen atoms in total. The van der Waals surface area contributed by atoms with Crippen molar-refractivity contribution in [1.29, 1.82) is 0 Å². The molecule has 0 spiro atoms. The molecule has 0 aliphatic carbocycles. The molecule has 0 bridgehead atoms. The van der Waals surface area contributed by atoms with Crippen LogP contribution in [0.3, 0.4) is 0 Å². The lowest BCUT2D eigenvalue weighted by Gasteiger charge is -2.19. The van der Waals surface area contributed by atoms with Crippen molar-refractivity contribution in [3.63, 3.8) is 0 Å². The zero-order chi connectivity index (χ0) is 30.8. The lowest BCUT2D eigenvalue weighted by Crippen LogP contribution is -2.27. The molecule has 3 aromatic carbocycles. The second-order valence-electron chi connectivity index (χ2n) is 9.68. The van der Waals surface area contributed by atoms with E-state index in [1.807, 2.05) is 0 Å². The Morgan fingerprint density at radius 2 is 1.73 bits per heavy atom. The first-order valence-corrected chi connectivity index (χ1v) is 13.4. The van der Waals surface area contributed by atoms with E-state index in [4.69, 9.17) is 11.6 Å². The van der Waals surface area contributed by atoms with Gasteiger partial charge >= 0.3 is 6.36 Å². The molecule has 0 unspecified atom stereocenters. The maximum Gasteiger partial charge on any atom is 0.573 e. The normalized spacial score (nSPS) is 12.3. The number of hydrogen-bond donors (Lipinski definition) is 1. The third-order valence-corrected chi connectivity index (χ3v) is 7.04. The Balaban J connectivity index is 1.37. The Kier molecular flexibility index (Phi) is 7.70. The second-order valence-corrected chi connectivity index (χ2v) is 10.1. The zero-order valence-corrected chi connectivity index (χ0v) is 23.2. The van der Waals surface area contributed by atoms with Crippen molar-refractivity contribution in [2.75, 3.05) is 0 Å². The van der Waals surface area contributed by atoms with Crippen LogP contribution in [-0.4, -0.2) is 41.1 Å². The second kappa shape index (κ2) is 11.8. The molecule has 1 atom stereocenters. The minimum absolute atomic E-state index is 0.276. The highest BCUT2D eigenvalue weighted by Gasteiger charge is 2.31. The van der Waals surface area contributed by atoms with E-state index in [2.05, 4.69) is 30.2 Å². The summed E-state index contributed by atoms with van der Waals surface area (Å²) in [6.45, 7) is 0. The van der Waals surface area contributed by atoms with Gasteiger partial charge in [0.15, 0.2) is 0 Å². The summed E-state index contributed by atoms with van der Waals surface area (Å²) in [5.74, 6) is -0.346. The lowest BCUT2D eigenvalue weighted by atomic mass is 10.0. The molecule has 222 valence electrons. The number of nitrogens with zero attached hydrogens (tertiary/aromatic N) is 6. The number of aromatic nitrogens is 7. The summed E-state index contributed by atoms with van der Waals surface area (Å²) in [6, 6.07) is 18.9. The first-order valence-electron chi connectivity index (χ1n) is 13.0. The molecule has 0 saturated carbocycles. The van der Waals surface area contributed by atoms with Gasteiger partial charge in [-0.15, -0.1) is 18.3 Å². The molecular formula is C30H20ClF4N7O2. The Hall–Kier alpha value is -5.30. The Morgan fingerprint density at radius 1 is 0.955 bits per heavy atom. The summed E-state index contributed by atoms with van der Waals surface area (Å²) in [5, 5.41) is 11.8. The van der Waals surface area contributed by atoms with E-state index < -0.39 is 18.2 Å². The van der Waals surface area contributed by atoms with E-state index in [1.165, 1.54) is 64.2 Å². The van der Waals surface area contributed by atoms with Gasteiger partial charge in [-0.1, -0.05) is 23.7 Å². The van der Waals surface area contributed by atoms with Crippen LogP contribution in [0, 0.1) is 5.82 Å². The van der Waals surface area contributed by atoms with Gasteiger partial charge in [0, 0.05) is 29.3 Å². The van der Waals surface area contributed by atoms with Gasteiger partial charge in [0.2, 0.25) is 0 Å². The van der Waals surface area contributed by atoms with Gasteiger partial charge in [0.05, 0.1) is 23.6 Å². The maximum absolute atomic E-state index is 13.7. The SMILES string of the molecule is O=c1cc(-c2cc(Cl)ccc2-n2cnnn2)ccn1[C@@H](Cc1ccc(F)cc1)c1ncc(-c2ccc(OC(F)(F)F)cc2)[nH]1. The highest BCUT2D eigenvalue weighted by Crippen LogP contribution is 2.31. The summed E-state index contributed by atoms with van der Waals surface area (Å²) < 4.78 is 58.3. The molecule has 6 aromatic rings. The highest BCUT2D eigenvalue weighted by molar-refractivity contribution is 6.31. The van der Waals surface area contributed by atoms with E-state index in [9.17, 15) is 22.4 Å². The summed E-state index contributed by atoms with van der Waals surface area (Å²) in [7, 11) is 0. The molecule has 0 saturated heterocycles. The minimum Gasteiger partial charge on any atom is -0.406 e. The van der Waals surface area contributed by atoms with Crippen LogP contribution in [0.2, 0.25) is 5.02 Å². The van der Waals surface area contributed by atoms with Gasteiger partial charge in [-0.3, -0.25) is 4.79 Å². The van der Waals surface area contributed by atoms with E-state index in [0.717, 1.165) is 5.56 Å². The van der Waals surface area contributed by atoms with E-state index >= 15 is 0 Å². The quantitative estimate of drug-likeness (QED) is 0.197. The van der Waals surface area contributed by atoms with Crippen LogP contribution in [0.1, 0.15) is 17.4 Å². The summed E-state index contributed by atoms with van der Waals surface area (Å²) >= 11 is 6.28. The highest BCUT2D eigenvalue weighted by atomic mass is 35.5. The molecule has 0 amide bonds. The first kappa shape index (κ1) is 28.8. The van der Waals surface area contributed by atoms with E-state index in [0.29, 0.717) is 38.9 Å². The molecule has 0 aliphatic heterocycles. The van der Waals surface area contributed by atoms with Gasteiger partial charge in [-0.05, 0) is 87.8 Å². The maximum atomic E-state index is 13.7. The van der Waals surface area contributed by atoms with Crippen LogP contribution in [0.5, 0.6) is 5.75 Å². The van der Waals surface area contributed by atoms with Crippen molar-refractivity contribution < 1.29 is 22.3 Å². The fourth-order valence-electron chi connectivity index (χ4n) is 4.79. The van der Waals surface area contributed by atoms with Crippen molar-refractivity contribution in [1.82, 2.24) is 34.7 Å². The molecular weight excluding hydrogens is 602 g/mol. The average Bonchev–Trinajstić information content (AvgIpc) is 3.70. The number of aromatic amines is 1. The Bertz CT molecular complexity index is 1960. The number of tetrazole rings is 1. The van der Waals surface area contributed by atoms with Crippen LogP contribution in [0.15, 0.2) is 102 Å². The molecule has 1 N–H and O–H groups in total. The lowest BCUT2D eigenvalue weighted by molar-refractivity contribution is -0.274. The predicted octanol–water partition coefficient (Wildman–Crippen LogP) is 6.40. The third kappa shape index (κ3) is 6.37. The van der Waals surface area contributed by atoms with E-state index in [1.54, 1.807) is 42.6 Å². The molecule has 3 heterocycles. The summed E-state index contributed by atoms with van der Waals surface area (Å²) in [4.78, 5) is 21.3. The number of H-pyrrole nitrogens is 1. The molecule has 44 heavy (non-hydrogen) atoms. The molecule has 0 radical (unpaired) electrons. The fourth-order valence-corrected chi connectivity index (χ4v) is 4.96. The van der Waals surface area contributed by atoms with Gasteiger partial charge in [-0.2, -0.15) is 4.68 Å². The predicted molar refractivity (Wildman–Crippen MR) is 153 cm³/mol. The van der Waals surface area contributed by atoms with Crippen molar-refractivity contribution in [2.45, 2.75) is 18.8 Å².